The van der Waals surface area contributed by atoms with Crippen LogP contribution in [0.4, 0.5) is 0 Å². The zero-order valence-electron chi connectivity index (χ0n) is 45.6. The molecule has 0 aromatic carbocycles. The van der Waals surface area contributed by atoms with Gasteiger partial charge in [0.1, 0.15) is 13.2 Å². The molecule has 0 fully saturated rings. The van der Waals surface area contributed by atoms with Crippen LogP contribution in [0.2, 0.25) is 0 Å². The summed E-state index contributed by atoms with van der Waals surface area (Å²) >= 11 is 0. The normalized spacial score (nSPS) is 14.0. The molecule has 0 rings (SSSR count). The van der Waals surface area contributed by atoms with Crippen molar-refractivity contribution in [3.05, 3.63) is 12.2 Å². The highest BCUT2D eigenvalue weighted by atomic mass is 31.2. The van der Waals surface area contributed by atoms with Gasteiger partial charge in [-0.25, -0.2) is 0 Å². The van der Waals surface area contributed by atoms with E-state index < -0.39 is 20.0 Å². The third-order valence-electron chi connectivity index (χ3n) is 13.8. The van der Waals surface area contributed by atoms with Crippen molar-refractivity contribution in [2.24, 2.45) is 0 Å². The number of carbonyl (C=O) groups is 1. The molecule has 0 aromatic rings. The lowest BCUT2D eigenvalue weighted by Gasteiger charge is -2.30. The van der Waals surface area contributed by atoms with Crippen molar-refractivity contribution in [3.8, 4) is 0 Å². The van der Waals surface area contributed by atoms with Gasteiger partial charge in [-0.2, -0.15) is 0 Å². The van der Waals surface area contributed by atoms with E-state index in [1.165, 1.54) is 225 Å². The molecule has 9 heteroatoms. The number of rotatable bonds is 55. The summed E-state index contributed by atoms with van der Waals surface area (Å²) < 4.78 is 23.4. The number of phosphoric ester groups is 1. The molecule has 0 spiro atoms. The van der Waals surface area contributed by atoms with Gasteiger partial charge in [0.2, 0.25) is 5.91 Å². The average molecular weight is 970 g/mol. The van der Waals surface area contributed by atoms with Crippen molar-refractivity contribution in [2.75, 3.05) is 40.9 Å². The Morgan fingerprint density at radius 3 is 1.16 bits per heavy atom. The van der Waals surface area contributed by atoms with E-state index in [1.807, 2.05) is 21.1 Å². The Bertz CT molecular complexity index is 1100. The average Bonchev–Trinajstić information content (AvgIpc) is 3.29. The SMILES string of the molecule is CCCCCCCC/C=C\CCCCCCCC(=O)NC(COP(=O)([O-])OCC[N+](C)(C)C)C(O)CCCCCCCCCCCCCCCCCCCCCCCCCCCCCCCC. The molecule has 0 radical (unpaired) electrons. The number of carbonyl (C=O) groups excluding carboxylic acids is 1. The van der Waals surface area contributed by atoms with Crippen molar-refractivity contribution in [1.82, 2.24) is 5.32 Å². The molecule has 67 heavy (non-hydrogen) atoms. The Morgan fingerprint density at radius 2 is 0.821 bits per heavy atom. The number of nitrogens with zero attached hydrogens (tertiary/aromatic N) is 1. The number of amides is 1. The minimum absolute atomic E-state index is 0.0129. The first-order valence-electron chi connectivity index (χ1n) is 29.5. The zero-order valence-corrected chi connectivity index (χ0v) is 46.5. The van der Waals surface area contributed by atoms with Gasteiger partial charge in [-0.05, 0) is 38.5 Å². The molecular weight excluding hydrogens is 852 g/mol. The number of phosphoric acid groups is 1. The number of aliphatic hydroxyl groups excluding tert-OH is 1. The van der Waals surface area contributed by atoms with Gasteiger partial charge in [-0.15, -0.1) is 0 Å². The third kappa shape index (κ3) is 52.9. The first-order valence-corrected chi connectivity index (χ1v) is 31.0. The Labute approximate surface area is 418 Å². The van der Waals surface area contributed by atoms with Crippen LogP contribution in [0, 0.1) is 0 Å². The van der Waals surface area contributed by atoms with E-state index in [9.17, 15) is 19.4 Å². The third-order valence-corrected chi connectivity index (χ3v) is 14.7. The number of aliphatic hydroxyl groups is 1. The number of hydrogen-bond donors (Lipinski definition) is 2. The summed E-state index contributed by atoms with van der Waals surface area (Å²) in [5, 5.41) is 14.0. The number of unbranched alkanes of at least 4 members (excludes halogenated alkanes) is 40. The lowest BCUT2D eigenvalue weighted by molar-refractivity contribution is -0.870. The molecule has 0 heterocycles. The van der Waals surface area contributed by atoms with E-state index in [-0.39, 0.29) is 19.1 Å². The van der Waals surface area contributed by atoms with Crippen LogP contribution < -0.4 is 10.2 Å². The summed E-state index contributed by atoms with van der Waals surface area (Å²) in [5.41, 5.74) is 0. The fourth-order valence-corrected chi connectivity index (χ4v) is 9.82. The molecule has 0 aliphatic rings. The van der Waals surface area contributed by atoms with Crippen molar-refractivity contribution in [2.45, 2.75) is 315 Å². The Balaban J connectivity index is 4.04. The lowest BCUT2D eigenvalue weighted by Crippen LogP contribution is -2.46. The highest BCUT2D eigenvalue weighted by Crippen LogP contribution is 2.38. The molecule has 400 valence electrons. The molecule has 0 aliphatic heterocycles. The van der Waals surface area contributed by atoms with Crippen LogP contribution in [0.15, 0.2) is 12.2 Å². The maximum Gasteiger partial charge on any atom is 0.268 e. The highest BCUT2D eigenvalue weighted by Gasteiger charge is 2.24. The fourth-order valence-electron chi connectivity index (χ4n) is 9.10. The van der Waals surface area contributed by atoms with E-state index >= 15 is 0 Å². The van der Waals surface area contributed by atoms with Crippen LogP contribution in [0.25, 0.3) is 0 Å². The van der Waals surface area contributed by atoms with Gasteiger partial charge in [0.15, 0.2) is 0 Å². The first-order chi connectivity index (χ1) is 32.5. The number of nitrogens with one attached hydrogen (secondary N) is 1. The van der Waals surface area contributed by atoms with Gasteiger partial charge >= 0.3 is 0 Å². The van der Waals surface area contributed by atoms with Crippen molar-refractivity contribution >= 4 is 13.7 Å². The molecule has 2 N–H and O–H groups in total. The molecule has 3 unspecified atom stereocenters. The number of allylic oxidation sites excluding steroid dienone is 2. The van der Waals surface area contributed by atoms with Crippen molar-refractivity contribution in [1.29, 1.82) is 0 Å². The minimum Gasteiger partial charge on any atom is -0.756 e. The van der Waals surface area contributed by atoms with E-state index in [4.69, 9.17) is 9.05 Å². The van der Waals surface area contributed by atoms with Crippen LogP contribution in [-0.4, -0.2) is 68.5 Å². The second-order valence-corrected chi connectivity index (χ2v) is 23.1. The topological polar surface area (TPSA) is 108 Å². The predicted octanol–water partition coefficient (Wildman–Crippen LogP) is 17.2. The van der Waals surface area contributed by atoms with Gasteiger partial charge in [0, 0.05) is 6.42 Å². The molecule has 0 bridgehead atoms. The summed E-state index contributed by atoms with van der Waals surface area (Å²) in [6, 6.07) is -0.802. The highest BCUT2D eigenvalue weighted by molar-refractivity contribution is 7.45. The lowest BCUT2D eigenvalue weighted by atomic mass is 10.0. The molecule has 0 aromatic heterocycles. The van der Waals surface area contributed by atoms with Crippen LogP contribution in [0.5, 0.6) is 0 Å². The molecule has 0 saturated carbocycles. The molecule has 1 amide bonds. The summed E-state index contributed by atoms with van der Waals surface area (Å²) in [7, 11) is 1.31. The van der Waals surface area contributed by atoms with Crippen LogP contribution in [0.3, 0.4) is 0 Å². The van der Waals surface area contributed by atoms with Crippen molar-refractivity contribution < 1.29 is 32.9 Å². The molecule has 0 saturated heterocycles. The Hall–Kier alpha value is -0.760. The van der Waals surface area contributed by atoms with Gasteiger partial charge < -0.3 is 28.8 Å². The van der Waals surface area contributed by atoms with E-state index in [0.717, 1.165) is 51.4 Å². The largest absolute Gasteiger partial charge is 0.756 e. The van der Waals surface area contributed by atoms with E-state index in [2.05, 4.69) is 31.3 Å². The summed E-state index contributed by atoms with van der Waals surface area (Å²) in [4.78, 5) is 25.5. The summed E-state index contributed by atoms with van der Waals surface area (Å²) in [6.07, 6.45) is 61.2. The summed E-state index contributed by atoms with van der Waals surface area (Å²) in [5.74, 6) is -0.169. The predicted molar refractivity (Wildman–Crippen MR) is 289 cm³/mol. The van der Waals surface area contributed by atoms with Crippen LogP contribution in [0.1, 0.15) is 303 Å². The zero-order chi connectivity index (χ0) is 49.2. The smallest absolute Gasteiger partial charge is 0.268 e. The van der Waals surface area contributed by atoms with Gasteiger partial charge in [-0.3, -0.25) is 9.36 Å². The first kappa shape index (κ1) is 66.2. The second-order valence-electron chi connectivity index (χ2n) is 21.7. The standard InChI is InChI=1S/C58H117N2O6P/c1-6-8-10-12-14-16-18-20-22-23-24-25-26-27-28-29-30-31-32-33-34-35-36-38-39-41-43-45-47-49-51-57(61)56(55-66-67(63,64)65-54-53-60(3,4)5)59-58(62)52-50-48-46-44-42-40-37-21-19-17-15-13-11-9-7-2/h21,37,56-57,61H,6-20,22-36,38-55H2,1-5H3,(H-,59,62,63,64)/b37-21-. The maximum atomic E-state index is 12.9. The molecule has 3 atom stereocenters. The molecule has 8 nitrogen and oxygen atoms in total. The quantitative estimate of drug-likeness (QED) is 0.0272. The van der Waals surface area contributed by atoms with E-state index in [0.29, 0.717) is 23.9 Å². The van der Waals surface area contributed by atoms with Gasteiger partial charge in [0.05, 0.1) is 39.9 Å². The summed E-state index contributed by atoms with van der Waals surface area (Å²) in [6.45, 7) is 4.75. The second kappa shape index (κ2) is 50.2. The number of quaternary nitrogens is 1. The van der Waals surface area contributed by atoms with Gasteiger partial charge in [0.25, 0.3) is 7.82 Å². The van der Waals surface area contributed by atoms with E-state index in [1.54, 1.807) is 0 Å². The monoisotopic (exact) mass is 969 g/mol. The fraction of sp³-hybridized carbons (Fsp3) is 0.948. The van der Waals surface area contributed by atoms with Crippen LogP contribution >= 0.6 is 7.82 Å². The van der Waals surface area contributed by atoms with Gasteiger partial charge in [-0.1, -0.05) is 270 Å². The van der Waals surface area contributed by atoms with Crippen molar-refractivity contribution in [3.63, 3.8) is 0 Å². The number of likely N-dealkylation sites (N-methyl/N-ethyl adjacent to an activating group) is 1. The maximum absolute atomic E-state index is 12.9. The molecular formula is C58H117N2O6P. The Kier molecular flexibility index (Phi) is 49.6. The number of hydrogen-bond acceptors (Lipinski definition) is 6. The van der Waals surface area contributed by atoms with Crippen LogP contribution in [-0.2, 0) is 18.4 Å². The molecule has 0 aliphatic carbocycles. The Morgan fingerprint density at radius 1 is 0.507 bits per heavy atom. The minimum atomic E-state index is -4.57.